The Balaban J connectivity index is 1.36. The SMILES string of the molecule is C=C[C@@H]1C[C@@]1(NC(=O)[C@@H]1C[C@@H](O/N=C2\CCc3ccccc32)CN1C(=O)[C@@H](NC(=O)OC1CCCC1)C(C)(C)C)C(=O)O. The molecule has 1 aliphatic heterocycles. The van der Waals surface area contributed by atoms with E-state index in [1.54, 1.807) is 0 Å². The molecule has 0 aromatic heterocycles. The maximum atomic E-state index is 14.1. The summed E-state index contributed by atoms with van der Waals surface area (Å²) in [7, 11) is 0. The Kier molecular flexibility index (Phi) is 8.54. The molecule has 3 aliphatic carbocycles. The number of nitrogens with zero attached hydrogens (tertiary/aromatic N) is 2. The summed E-state index contributed by atoms with van der Waals surface area (Å²) >= 11 is 0. The largest absolute Gasteiger partial charge is 0.479 e. The molecule has 0 radical (unpaired) electrons. The van der Waals surface area contributed by atoms with Crippen LogP contribution in [0.1, 0.15) is 76.8 Å². The van der Waals surface area contributed by atoms with E-state index in [1.807, 2.05) is 39.0 Å². The molecule has 0 bridgehead atoms. The smallest absolute Gasteiger partial charge is 0.408 e. The van der Waals surface area contributed by atoms with Crippen LogP contribution in [0.2, 0.25) is 0 Å². The third-order valence-corrected chi connectivity index (χ3v) is 9.10. The van der Waals surface area contributed by atoms with Crippen LogP contribution in [0.4, 0.5) is 4.79 Å². The van der Waals surface area contributed by atoms with Gasteiger partial charge < -0.3 is 30.2 Å². The molecule has 0 unspecified atom stereocenters. The standard InChI is InChI=1S/C32H42N4O7/c1-5-20-17-32(20,29(39)40)34-27(37)25-16-22(43-35-24-15-14-19-10-6-9-13-23(19)24)18-36(25)28(38)26(31(2,3)4)33-30(41)42-21-11-7-8-12-21/h5-6,9-10,13,20-22,25-26H,1,7-8,11-12,14-18H2,2-4H3,(H,33,41)(H,34,37)(H,39,40)/b35-24+/t20-,22-,25+,26-,32+/m1/s1. The summed E-state index contributed by atoms with van der Waals surface area (Å²) in [5, 5.41) is 19.7. The fourth-order valence-corrected chi connectivity index (χ4v) is 6.45. The highest BCUT2D eigenvalue weighted by Crippen LogP contribution is 2.45. The minimum Gasteiger partial charge on any atom is -0.479 e. The van der Waals surface area contributed by atoms with Gasteiger partial charge in [0, 0.05) is 17.9 Å². The molecule has 11 nitrogen and oxygen atoms in total. The number of aryl methyl sites for hydroxylation is 1. The average molecular weight is 595 g/mol. The maximum absolute atomic E-state index is 14.1. The molecular weight excluding hydrogens is 552 g/mol. The van der Waals surface area contributed by atoms with Crippen LogP contribution in [0.15, 0.2) is 42.1 Å². The fraction of sp³-hybridized carbons (Fsp3) is 0.594. The lowest BCUT2D eigenvalue weighted by molar-refractivity contribution is -0.146. The maximum Gasteiger partial charge on any atom is 0.408 e. The van der Waals surface area contributed by atoms with E-state index in [0.29, 0.717) is 0 Å². The van der Waals surface area contributed by atoms with Crippen molar-refractivity contribution in [2.24, 2.45) is 16.5 Å². The number of aliphatic carboxylic acids is 1. The van der Waals surface area contributed by atoms with E-state index in [0.717, 1.165) is 49.8 Å². The van der Waals surface area contributed by atoms with E-state index in [-0.39, 0.29) is 25.5 Å². The minimum absolute atomic E-state index is 0.0479. The third-order valence-electron chi connectivity index (χ3n) is 9.10. The van der Waals surface area contributed by atoms with E-state index in [4.69, 9.17) is 9.57 Å². The Bertz CT molecular complexity index is 1310. The number of carbonyl (C=O) groups is 4. The zero-order valence-corrected chi connectivity index (χ0v) is 25.1. The summed E-state index contributed by atoms with van der Waals surface area (Å²) in [4.78, 5) is 60.1. The van der Waals surface area contributed by atoms with Crippen LogP contribution in [0, 0.1) is 11.3 Å². The van der Waals surface area contributed by atoms with Crippen molar-refractivity contribution < 1.29 is 33.9 Å². The van der Waals surface area contributed by atoms with Gasteiger partial charge in [0.1, 0.15) is 29.8 Å². The second-order valence-electron chi connectivity index (χ2n) is 13.2. The average Bonchev–Trinajstić information content (AvgIpc) is 3.35. The van der Waals surface area contributed by atoms with E-state index in [2.05, 4.69) is 28.4 Å². The summed E-state index contributed by atoms with van der Waals surface area (Å²) in [6.07, 6.45) is 5.55. The van der Waals surface area contributed by atoms with Gasteiger partial charge in [-0.05, 0) is 55.9 Å². The first-order valence-corrected chi connectivity index (χ1v) is 15.2. The van der Waals surface area contributed by atoms with Crippen molar-refractivity contribution in [3.8, 4) is 0 Å². The Morgan fingerprint density at radius 1 is 1.14 bits per heavy atom. The lowest BCUT2D eigenvalue weighted by Crippen LogP contribution is -2.59. The predicted molar refractivity (Wildman–Crippen MR) is 158 cm³/mol. The van der Waals surface area contributed by atoms with Gasteiger partial charge in [0.15, 0.2) is 0 Å². The number of nitrogens with one attached hydrogen (secondary N) is 2. The molecule has 3 N–H and O–H groups in total. The molecule has 1 saturated heterocycles. The molecule has 11 heteroatoms. The monoisotopic (exact) mass is 594 g/mol. The number of benzene rings is 1. The lowest BCUT2D eigenvalue weighted by atomic mass is 9.85. The van der Waals surface area contributed by atoms with E-state index >= 15 is 0 Å². The summed E-state index contributed by atoms with van der Waals surface area (Å²) in [5.41, 5.74) is 0.850. The molecule has 3 amide bonds. The zero-order chi connectivity index (χ0) is 30.9. The highest BCUT2D eigenvalue weighted by molar-refractivity contribution is 6.04. The number of alkyl carbamates (subject to hydrolysis) is 1. The molecule has 5 rings (SSSR count). The molecule has 0 spiro atoms. The van der Waals surface area contributed by atoms with Gasteiger partial charge in [0.05, 0.1) is 12.3 Å². The molecule has 2 saturated carbocycles. The molecule has 1 aromatic rings. The Morgan fingerprint density at radius 2 is 1.86 bits per heavy atom. The normalized spacial score (nSPS) is 28.2. The molecular formula is C32H42N4O7. The number of amides is 3. The number of ether oxygens (including phenoxy) is 1. The highest BCUT2D eigenvalue weighted by Gasteiger charge is 2.61. The first-order chi connectivity index (χ1) is 20.4. The number of oxime groups is 1. The van der Waals surface area contributed by atoms with Crippen molar-refractivity contribution in [2.75, 3.05) is 6.54 Å². The van der Waals surface area contributed by atoms with Crippen molar-refractivity contribution in [1.29, 1.82) is 0 Å². The molecule has 3 fully saturated rings. The number of likely N-dealkylation sites (tertiary alicyclic amines) is 1. The molecule has 43 heavy (non-hydrogen) atoms. The fourth-order valence-electron chi connectivity index (χ4n) is 6.45. The van der Waals surface area contributed by atoms with Gasteiger partial charge in [-0.15, -0.1) is 6.58 Å². The Hall–Kier alpha value is -3.89. The zero-order valence-electron chi connectivity index (χ0n) is 25.1. The molecule has 1 aromatic carbocycles. The first-order valence-electron chi connectivity index (χ1n) is 15.2. The number of fused-ring (bicyclic) bond motifs is 1. The second kappa shape index (κ2) is 12.0. The van der Waals surface area contributed by atoms with Crippen molar-refractivity contribution in [3.63, 3.8) is 0 Å². The van der Waals surface area contributed by atoms with Gasteiger partial charge in [-0.1, -0.05) is 56.3 Å². The van der Waals surface area contributed by atoms with Gasteiger partial charge in [-0.25, -0.2) is 9.59 Å². The van der Waals surface area contributed by atoms with E-state index in [1.165, 1.54) is 16.5 Å². The van der Waals surface area contributed by atoms with Crippen molar-refractivity contribution in [1.82, 2.24) is 15.5 Å². The Morgan fingerprint density at radius 3 is 2.51 bits per heavy atom. The van der Waals surface area contributed by atoms with Gasteiger partial charge in [0.2, 0.25) is 11.8 Å². The molecule has 4 aliphatic rings. The number of carbonyl (C=O) groups excluding carboxylic acids is 3. The molecule has 5 atom stereocenters. The predicted octanol–water partition coefficient (Wildman–Crippen LogP) is 3.55. The van der Waals surface area contributed by atoms with Crippen LogP contribution in [0.25, 0.3) is 0 Å². The topological polar surface area (TPSA) is 147 Å². The van der Waals surface area contributed by atoms with Gasteiger partial charge in [-0.3, -0.25) is 9.59 Å². The molecule has 1 heterocycles. The van der Waals surface area contributed by atoms with Gasteiger partial charge in [0.25, 0.3) is 0 Å². The highest BCUT2D eigenvalue weighted by atomic mass is 16.6. The van der Waals surface area contributed by atoms with Crippen LogP contribution in [0.3, 0.4) is 0 Å². The van der Waals surface area contributed by atoms with Crippen LogP contribution < -0.4 is 10.6 Å². The number of hydrogen-bond donors (Lipinski definition) is 3. The quantitative estimate of drug-likeness (QED) is 0.293. The summed E-state index contributed by atoms with van der Waals surface area (Å²) in [6, 6.07) is 5.95. The van der Waals surface area contributed by atoms with E-state index < -0.39 is 58.9 Å². The number of carboxylic acids is 1. The van der Waals surface area contributed by atoms with Crippen molar-refractivity contribution in [3.05, 3.63) is 48.0 Å². The lowest BCUT2D eigenvalue weighted by Gasteiger charge is -2.35. The van der Waals surface area contributed by atoms with E-state index in [9.17, 15) is 24.3 Å². The summed E-state index contributed by atoms with van der Waals surface area (Å²) in [6.45, 7) is 9.21. The second-order valence-corrected chi connectivity index (χ2v) is 13.2. The van der Waals surface area contributed by atoms with Crippen LogP contribution in [-0.2, 0) is 30.4 Å². The summed E-state index contributed by atoms with van der Waals surface area (Å²) < 4.78 is 5.58. The summed E-state index contributed by atoms with van der Waals surface area (Å²) in [5.74, 6) is -2.62. The van der Waals surface area contributed by atoms with Crippen LogP contribution >= 0.6 is 0 Å². The third kappa shape index (κ3) is 6.40. The van der Waals surface area contributed by atoms with Crippen LogP contribution in [0.5, 0.6) is 0 Å². The number of hydrogen-bond acceptors (Lipinski definition) is 7. The number of rotatable bonds is 9. The minimum atomic E-state index is -1.45. The number of carboxylic acid groups (broad SMARTS) is 1. The van der Waals surface area contributed by atoms with Crippen LogP contribution in [-0.4, -0.2) is 76.0 Å². The van der Waals surface area contributed by atoms with Crippen molar-refractivity contribution >= 4 is 29.6 Å². The van der Waals surface area contributed by atoms with Gasteiger partial charge in [-0.2, -0.15) is 0 Å². The Labute approximate surface area is 252 Å². The molecule has 232 valence electrons. The van der Waals surface area contributed by atoms with Crippen molar-refractivity contribution in [2.45, 2.75) is 102 Å². The first kappa shape index (κ1) is 30.6. The van der Waals surface area contributed by atoms with Gasteiger partial charge >= 0.3 is 12.1 Å².